The Balaban J connectivity index is 1.91. The second-order valence-corrected chi connectivity index (χ2v) is 12.2. The van der Waals surface area contributed by atoms with Gasteiger partial charge in [0.1, 0.15) is 19.5 Å². The van der Waals surface area contributed by atoms with E-state index in [1.54, 1.807) is 20.8 Å². The van der Waals surface area contributed by atoms with Gasteiger partial charge in [-0.1, -0.05) is 0 Å². The SMILES string of the molecule is CCOP(=O)(COC(=O)C1(C)CC1(Cl)Cl)COC(=O)C1(C)CC1(Cl)Cl. The molecule has 2 aliphatic carbocycles. The number of carbonyl (C=O) groups is 2. The van der Waals surface area contributed by atoms with Gasteiger partial charge in [0.05, 0.1) is 6.61 Å². The Morgan fingerprint density at radius 2 is 1.24 bits per heavy atom. The van der Waals surface area contributed by atoms with E-state index in [1.165, 1.54) is 0 Å². The fraction of sp³-hybridized carbons (Fsp3) is 0.857. The van der Waals surface area contributed by atoms with Crippen LogP contribution in [0.2, 0.25) is 0 Å². The van der Waals surface area contributed by atoms with Crippen LogP contribution in [0.25, 0.3) is 0 Å². The van der Waals surface area contributed by atoms with Crippen LogP contribution in [-0.4, -0.2) is 39.9 Å². The number of rotatable bonds is 8. The van der Waals surface area contributed by atoms with Crippen molar-refractivity contribution in [1.82, 2.24) is 0 Å². The highest BCUT2D eigenvalue weighted by atomic mass is 35.5. The highest BCUT2D eigenvalue weighted by Gasteiger charge is 2.70. The van der Waals surface area contributed by atoms with Gasteiger partial charge in [0.15, 0.2) is 12.7 Å². The van der Waals surface area contributed by atoms with Gasteiger partial charge in [-0.05, 0) is 20.8 Å². The summed E-state index contributed by atoms with van der Waals surface area (Å²) in [5, 5.41) is 0. The summed E-state index contributed by atoms with van der Waals surface area (Å²) in [6.45, 7) is 4.81. The van der Waals surface area contributed by atoms with Crippen LogP contribution >= 0.6 is 53.8 Å². The monoisotopic (exact) mass is 454 g/mol. The zero-order valence-electron chi connectivity index (χ0n) is 13.9. The molecule has 0 aromatic carbocycles. The summed E-state index contributed by atoms with van der Waals surface area (Å²) in [5.74, 6) is -1.36. The average molecular weight is 456 g/mol. The Kier molecular flexibility index (Phi) is 5.80. The summed E-state index contributed by atoms with van der Waals surface area (Å²) in [6.07, 6.45) is -0.616. The molecule has 25 heavy (non-hydrogen) atoms. The maximum atomic E-state index is 12.7. The summed E-state index contributed by atoms with van der Waals surface area (Å²) in [6, 6.07) is 0. The van der Waals surface area contributed by atoms with Gasteiger partial charge >= 0.3 is 11.9 Å². The second-order valence-electron chi connectivity index (χ2n) is 6.78. The lowest BCUT2D eigenvalue weighted by Gasteiger charge is -2.20. The molecule has 11 heteroatoms. The van der Waals surface area contributed by atoms with Crippen LogP contribution in [-0.2, 0) is 28.2 Å². The molecule has 2 aliphatic rings. The highest BCUT2D eigenvalue weighted by Crippen LogP contribution is 2.65. The van der Waals surface area contributed by atoms with Gasteiger partial charge in [0.25, 0.3) is 7.37 Å². The fourth-order valence-electron chi connectivity index (χ4n) is 2.22. The quantitative estimate of drug-likeness (QED) is 0.305. The first-order valence-corrected chi connectivity index (χ1v) is 11.1. The zero-order chi connectivity index (χ0) is 19.3. The molecule has 144 valence electrons. The molecule has 0 aromatic rings. The van der Waals surface area contributed by atoms with Gasteiger partial charge in [-0.15, -0.1) is 46.4 Å². The first-order valence-electron chi connectivity index (χ1n) is 7.56. The Hall–Kier alpha value is 0.290. The van der Waals surface area contributed by atoms with E-state index in [-0.39, 0.29) is 19.4 Å². The van der Waals surface area contributed by atoms with Crippen LogP contribution in [0, 0.1) is 10.8 Å². The number of alkyl halides is 4. The van der Waals surface area contributed by atoms with Crippen LogP contribution in [0.5, 0.6) is 0 Å². The lowest BCUT2D eigenvalue weighted by Crippen LogP contribution is -2.24. The Bertz CT molecular complexity index is 591. The van der Waals surface area contributed by atoms with Crippen LogP contribution in [0.15, 0.2) is 0 Å². The summed E-state index contributed by atoms with van der Waals surface area (Å²) < 4.78 is 25.6. The van der Waals surface area contributed by atoms with Gasteiger partial charge in [0, 0.05) is 12.8 Å². The van der Waals surface area contributed by atoms with Crippen molar-refractivity contribution in [3.05, 3.63) is 0 Å². The van der Waals surface area contributed by atoms with E-state index in [2.05, 4.69) is 0 Å². The number of hydrogen-bond acceptors (Lipinski definition) is 6. The molecule has 2 saturated carbocycles. The zero-order valence-corrected chi connectivity index (χ0v) is 17.9. The van der Waals surface area contributed by atoms with E-state index in [0.717, 1.165) is 0 Å². The first-order chi connectivity index (χ1) is 11.2. The minimum atomic E-state index is -3.55. The molecule has 0 amide bonds. The topological polar surface area (TPSA) is 78.9 Å². The van der Waals surface area contributed by atoms with E-state index < -0.39 is 51.5 Å². The second kappa shape index (κ2) is 6.72. The molecule has 0 spiro atoms. The van der Waals surface area contributed by atoms with Gasteiger partial charge in [-0.2, -0.15) is 0 Å². The molecule has 0 aliphatic heterocycles. The predicted octanol–water partition coefficient (Wildman–Crippen LogP) is 4.47. The van der Waals surface area contributed by atoms with E-state index >= 15 is 0 Å². The summed E-state index contributed by atoms with van der Waals surface area (Å²) >= 11 is 23.6. The molecular weight excluding hydrogens is 437 g/mol. The lowest BCUT2D eigenvalue weighted by molar-refractivity contribution is -0.148. The predicted molar refractivity (Wildman–Crippen MR) is 95.5 cm³/mol. The van der Waals surface area contributed by atoms with Crippen molar-refractivity contribution in [2.45, 2.75) is 42.3 Å². The Morgan fingerprint density at radius 3 is 1.48 bits per heavy atom. The third kappa shape index (κ3) is 4.09. The van der Waals surface area contributed by atoms with Crippen LogP contribution in [0.3, 0.4) is 0 Å². The first kappa shape index (κ1) is 21.6. The number of ether oxygens (including phenoxy) is 2. The normalized spacial score (nSPS) is 33.9. The van der Waals surface area contributed by atoms with Crippen molar-refractivity contribution in [2.24, 2.45) is 10.8 Å². The minimum absolute atomic E-state index is 0.0881. The minimum Gasteiger partial charge on any atom is -0.455 e. The smallest absolute Gasteiger partial charge is 0.315 e. The van der Waals surface area contributed by atoms with Crippen molar-refractivity contribution in [2.75, 3.05) is 19.3 Å². The van der Waals surface area contributed by atoms with Gasteiger partial charge in [-0.3, -0.25) is 14.2 Å². The maximum Gasteiger partial charge on any atom is 0.315 e. The summed E-state index contributed by atoms with van der Waals surface area (Å²) in [4.78, 5) is 24.2. The lowest BCUT2D eigenvalue weighted by atomic mass is 10.1. The third-order valence-electron chi connectivity index (χ3n) is 4.57. The maximum absolute atomic E-state index is 12.7. The summed E-state index contributed by atoms with van der Waals surface area (Å²) in [7, 11) is -3.55. The fourth-order valence-corrected chi connectivity index (χ4v) is 4.92. The van der Waals surface area contributed by atoms with Crippen molar-refractivity contribution in [1.29, 1.82) is 0 Å². The molecule has 0 N–H and O–H groups in total. The number of carbonyl (C=O) groups excluding carboxylic acids is 2. The summed E-state index contributed by atoms with van der Waals surface area (Å²) in [5.41, 5.74) is -2.11. The van der Waals surface area contributed by atoms with E-state index in [1.807, 2.05) is 0 Å². The average Bonchev–Trinajstić information content (AvgIpc) is 3.22. The molecule has 2 atom stereocenters. The van der Waals surface area contributed by atoms with Crippen molar-refractivity contribution in [3.8, 4) is 0 Å². The van der Waals surface area contributed by atoms with E-state index in [4.69, 9.17) is 60.4 Å². The molecule has 0 heterocycles. The standard InChI is InChI=1S/C14H19Cl4O6P/c1-4-24-25(21,7-22-9(19)11(2)5-13(11,15)16)8-23-10(20)12(3)6-14(12,17)18/h4-8H2,1-3H3. The molecule has 0 saturated heterocycles. The van der Waals surface area contributed by atoms with Gasteiger partial charge in [0.2, 0.25) is 0 Å². The van der Waals surface area contributed by atoms with E-state index in [0.29, 0.717) is 0 Å². The molecule has 0 bridgehead atoms. The molecule has 2 unspecified atom stereocenters. The molecule has 0 radical (unpaired) electrons. The molecule has 2 rings (SSSR count). The van der Waals surface area contributed by atoms with Gasteiger partial charge in [-0.25, -0.2) is 0 Å². The number of halogens is 4. The molecular formula is C14H19Cl4O6P. The third-order valence-corrected chi connectivity index (χ3v) is 8.54. The Labute approximate surface area is 166 Å². The van der Waals surface area contributed by atoms with Crippen molar-refractivity contribution >= 4 is 65.7 Å². The highest BCUT2D eigenvalue weighted by molar-refractivity contribution is 7.58. The molecule has 6 nitrogen and oxygen atoms in total. The van der Waals surface area contributed by atoms with Crippen LogP contribution in [0.4, 0.5) is 0 Å². The molecule has 0 aromatic heterocycles. The molecule has 2 fully saturated rings. The Morgan fingerprint density at radius 1 is 0.920 bits per heavy atom. The number of hydrogen-bond donors (Lipinski definition) is 0. The largest absolute Gasteiger partial charge is 0.455 e. The van der Waals surface area contributed by atoms with Crippen molar-refractivity contribution in [3.63, 3.8) is 0 Å². The van der Waals surface area contributed by atoms with Crippen LogP contribution < -0.4 is 0 Å². The van der Waals surface area contributed by atoms with Crippen molar-refractivity contribution < 1.29 is 28.2 Å². The van der Waals surface area contributed by atoms with E-state index in [9.17, 15) is 14.2 Å². The van der Waals surface area contributed by atoms with Crippen LogP contribution in [0.1, 0.15) is 33.6 Å². The van der Waals surface area contributed by atoms with Gasteiger partial charge < -0.3 is 14.0 Å². The number of esters is 2.